The van der Waals surface area contributed by atoms with E-state index in [1.807, 2.05) is 37.3 Å². The van der Waals surface area contributed by atoms with Gasteiger partial charge in [-0.25, -0.2) is 4.98 Å². The van der Waals surface area contributed by atoms with Crippen LogP contribution < -0.4 is 10.6 Å². The second kappa shape index (κ2) is 7.11. The zero-order chi connectivity index (χ0) is 16.9. The molecule has 2 aromatic carbocycles. The Kier molecular flexibility index (Phi) is 4.73. The molecule has 1 heterocycles. The summed E-state index contributed by atoms with van der Waals surface area (Å²) in [4.78, 5) is 8.65. The van der Waals surface area contributed by atoms with Gasteiger partial charge in [-0.3, -0.25) is 0 Å². The summed E-state index contributed by atoms with van der Waals surface area (Å²) in [6.45, 7) is 2.03. The monoisotopic (exact) mass is 379 g/mol. The molecule has 0 atom stereocenters. The minimum absolute atomic E-state index is 0.462. The van der Waals surface area contributed by atoms with Crippen molar-refractivity contribution in [2.75, 3.05) is 10.6 Å². The predicted molar refractivity (Wildman–Crippen MR) is 98.6 cm³/mol. The number of rotatable bonds is 4. The maximum absolute atomic E-state index is 8.96. The van der Waals surface area contributed by atoms with Gasteiger partial charge in [0.25, 0.3) is 0 Å². The lowest BCUT2D eigenvalue weighted by Crippen LogP contribution is -2.00. The number of aryl methyl sites for hydroxylation is 1. The smallest absolute Gasteiger partial charge is 0.229 e. The Hall–Kier alpha value is -2.91. The van der Waals surface area contributed by atoms with E-state index in [2.05, 4.69) is 42.6 Å². The first-order valence-corrected chi connectivity index (χ1v) is 8.07. The summed E-state index contributed by atoms with van der Waals surface area (Å²) in [5.74, 6) is 1.15. The SMILES string of the molecule is Cc1cc(Nc2ccnc(Nc3cccc(C#N)c3)n2)ccc1Br. The van der Waals surface area contributed by atoms with E-state index in [1.165, 1.54) is 0 Å². The highest BCUT2D eigenvalue weighted by Gasteiger charge is 2.03. The van der Waals surface area contributed by atoms with Gasteiger partial charge < -0.3 is 10.6 Å². The third-order valence-electron chi connectivity index (χ3n) is 3.33. The molecule has 0 aliphatic rings. The molecular weight excluding hydrogens is 366 g/mol. The summed E-state index contributed by atoms with van der Waals surface area (Å²) < 4.78 is 1.07. The Bertz CT molecular complexity index is 917. The maximum atomic E-state index is 8.96. The fourth-order valence-electron chi connectivity index (χ4n) is 2.15. The molecule has 0 unspecified atom stereocenters. The average Bonchev–Trinajstić information content (AvgIpc) is 2.59. The first-order valence-electron chi connectivity index (χ1n) is 7.27. The number of nitrogens with one attached hydrogen (secondary N) is 2. The summed E-state index contributed by atoms with van der Waals surface area (Å²) in [5.41, 5.74) is 3.44. The van der Waals surface area contributed by atoms with Crippen LogP contribution in [-0.2, 0) is 0 Å². The van der Waals surface area contributed by atoms with Gasteiger partial charge >= 0.3 is 0 Å². The Balaban J connectivity index is 1.78. The molecule has 24 heavy (non-hydrogen) atoms. The Morgan fingerprint density at radius 1 is 1.04 bits per heavy atom. The number of anilines is 4. The van der Waals surface area contributed by atoms with Crippen LogP contribution in [0.5, 0.6) is 0 Å². The van der Waals surface area contributed by atoms with Crippen molar-refractivity contribution >= 4 is 39.1 Å². The van der Waals surface area contributed by atoms with Crippen molar-refractivity contribution in [3.8, 4) is 6.07 Å². The highest BCUT2D eigenvalue weighted by molar-refractivity contribution is 9.10. The predicted octanol–water partition coefficient (Wildman–Crippen LogP) is 4.91. The van der Waals surface area contributed by atoms with Crippen molar-refractivity contribution in [3.63, 3.8) is 0 Å². The molecule has 0 fully saturated rings. The molecule has 118 valence electrons. The number of halogens is 1. The van der Waals surface area contributed by atoms with Gasteiger partial charge in [-0.1, -0.05) is 22.0 Å². The number of aromatic nitrogens is 2. The molecule has 5 nitrogen and oxygen atoms in total. The van der Waals surface area contributed by atoms with Crippen LogP contribution in [0.2, 0.25) is 0 Å². The van der Waals surface area contributed by atoms with Crippen molar-refractivity contribution in [3.05, 3.63) is 70.3 Å². The van der Waals surface area contributed by atoms with E-state index in [9.17, 15) is 0 Å². The number of hydrogen-bond acceptors (Lipinski definition) is 5. The van der Waals surface area contributed by atoms with E-state index in [-0.39, 0.29) is 0 Å². The normalized spacial score (nSPS) is 10.0. The molecule has 1 aromatic heterocycles. The lowest BCUT2D eigenvalue weighted by atomic mass is 10.2. The quantitative estimate of drug-likeness (QED) is 0.673. The van der Waals surface area contributed by atoms with Crippen LogP contribution in [0.1, 0.15) is 11.1 Å². The topological polar surface area (TPSA) is 73.6 Å². The summed E-state index contributed by atoms with van der Waals surface area (Å²) in [6, 6.07) is 17.1. The van der Waals surface area contributed by atoms with Crippen LogP contribution in [0.25, 0.3) is 0 Å². The Labute approximate surface area is 148 Å². The van der Waals surface area contributed by atoms with E-state index < -0.39 is 0 Å². The molecule has 2 N–H and O–H groups in total. The molecule has 0 saturated heterocycles. The number of nitriles is 1. The molecule has 0 radical (unpaired) electrons. The second-order valence-corrected chi connectivity index (χ2v) is 6.03. The molecule has 0 aliphatic carbocycles. The van der Waals surface area contributed by atoms with Crippen LogP contribution in [0.15, 0.2) is 59.2 Å². The van der Waals surface area contributed by atoms with Crippen LogP contribution in [0.4, 0.5) is 23.1 Å². The highest BCUT2D eigenvalue weighted by atomic mass is 79.9. The largest absolute Gasteiger partial charge is 0.340 e. The molecule has 0 spiro atoms. The summed E-state index contributed by atoms with van der Waals surface area (Å²) in [7, 11) is 0. The van der Waals surface area contributed by atoms with Gasteiger partial charge in [0.05, 0.1) is 11.6 Å². The van der Waals surface area contributed by atoms with Gasteiger partial charge in [-0.2, -0.15) is 10.2 Å². The summed E-state index contributed by atoms with van der Waals surface area (Å²) >= 11 is 3.49. The summed E-state index contributed by atoms with van der Waals surface area (Å²) in [6.07, 6.45) is 1.68. The van der Waals surface area contributed by atoms with Gasteiger partial charge in [0.1, 0.15) is 5.82 Å². The zero-order valence-electron chi connectivity index (χ0n) is 12.9. The third-order valence-corrected chi connectivity index (χ3v) is 4.22. The third kappa shape index (κ3) is 3.89. The van der Waals surface area contributed by atoms with Gasteiger partial charge in [0, 0.05) is 22.0 Å². The number of hydrogen-bond donors (Lipinski definition) is 2. The molecule has 0 bridgehead atoms. The van der Waals surface area contributed by atoms with Crippen molar-refractivity contribution in [1.29, 1.82) is 5.26 Å². The number of nitrogens with zero attached hydrogens (tertiary/aromatic N) is 3. The van der Waals surface area contributed by atoms with Crippen LogP contribution in [0.3, 0.4) is 0 Å². The van der Waals surface area contributed by atoms with E-state index in [4.69, 9.17) is 5.26 Å². The minimum Gasteiger partial charge on any atom is -0.340 e. The second-order valence-electron chi connectivity index (χ2n) is 5.17. The van der Waals surface area contributed by atoms with E-state index in [0.717, 1.165) is 21.4 Å². The van der Waals surface area contributed by atoms with E-state index in [0.29, 0.717) is 17.3 Å². The van der Waals surface area contributed by atoms with Gasteiger partial charge in [0.15, 0.2) is 0 Å². The lowest BCUT2D eigenvalue weighted by Gasteiger charge is -2.09. The van der Waals surface area contributed by atoms with Gasteiger partial charge in [0.2, 0.25) is 5.95 Å². The summed E-state index contributed by atoms with van der Waals surface area (Å²) in [5, 5.41) is 15.3. The van der Waals surface area contributed by atoms with E-state index in [1.54, 1.807) is 24.4 Å². The molecule has 3 aromatic rings. The van der Waals surface area contributed by atoms with Crippen molar-refractivity contribution < 1.29 is 0 Å². The first kappa shape index (κ1) is 16.0. The van der Waals surface area contributed by atoms with Gasteiger partial charge in [-0.05, 0) is 55.0 Å². The minimum atomic E-state index is 0.462. The fourth-order valence-corrected chi connectivity index (χ4v) is 2.40. The zero-order valence-corrected chi connectivity index (χ0v) is 14.5. The standard InChI is InChI=1S/C18H14BrN5/c1-12-9-15(5-6-16(12)19)22-17-7-8-21-18(24-17)23-14-4-2-3-13(10-14)11-20/h2-10H,1H3,(H2,21,22,23,24). The Morgan fingerprint density at radius 3 is 2.67 bits per heavy atom. The molecule has 0 aliphatic heterocycles. The van der Waals surface area contributed by atoms with Crippen LogP contribution in [-0.4, -0.2) is 9.97 Å². The highest BCUT2D eigenvalue weighted by Crippen LogP contribution is 2.23. The average molecular weight is 380 g/mol. The molecule has 0 amide bonds. The van der Waals surface area contributed by atoms with E-state index >= 15 is 0 Å². The molecule has 6 heteroatoms. The molecular formula is C18H14BrN5. The van der Waals surface area contributed by atoms with Gasteiger partial charge in [-0.15, -0.1) is 0 Å². The van der Waals surface area contributed by atoms with Crippen LogP contribution >= 0.6 is 15.9 Å². The lowest BCUT2D eigenvalue weighted by molar-refractivity contribution is 1.16. The van der Waals surface area contributed by atoms with Crippen molar-refractivity contribution in [2.24, 2.45) is 0 Å². The number of benzene rings is 2. The fraction of sp³-hybridized carbons (Fsp3) is 0.0556. The first-order chi connectivity index (χ1) is 11.6. The molecule has 0 saturated carbocycles. The van der Waals surface area contributed by atoms with Crippen molar-refractivity contribution in [1.82, 2.24) is 9.97 Å². The van der Waals surface area contributed by atoms with Crippen molar-refractivity contribution in [2.45, 2.75) is 6.92 Å². The maximum Gasteiger partial charge on any atom is 0.229 e. The Morgan fingerprint density at radius 2 is 1.88 bits per heavy atom. The van der Waals surface area contributed by atoms with Crippen LogP contribution in [0, 0.1) is 18.3 Å². The molecule has 3 rings (SSSR count).